The van der Waals surface area contributed by atoms with Gasteiger partial charge in [0.15, 0.2) is 5.82 Å². The molecular weight excluding hydrogens is 246 g/mol. The molecule has 0 unspecified atom stereocenters. The number of hydrogen-bond acceptors (Lipinski definition) is 6. The van der Waals surface area contributed by atoms with E-state index in [0.29, 0.717) is 30.4 Å². The van der Waals surface area contributed by atoms with Gasteiger partial charge in [0.2, 0.25) is 0 Å². The van der Waals surface area contributed by atoms with Gasteiger partial charge in [0, 0.05) is 13.2 Å². The summed E-state index contributed by atoms with van der Waals surface area (Å²) in [6, 6.07) is 3.38. The van der Waals surface area contributed by atoms with E-state index in [9.17, 15) is 4.79 Å². The van der Waals surface area contributed by atoms with E-state index in [0.717, 1.165) is 0 Å². The molecule has 0 aromatic carbocycles. The summed E-state index contributed by atoms with van der Waals surface area (Å²) in [7, 11) is 1.81. The minimum absolute atomic E-state index is 0.351. The van der Waals surface area contributed by atoms with E-state index in [2.05, 4.69) is 20.4 Å². The molecule has 0 fully saturated rings. The Hall–Kier alpha value is -2.44. The Balaban J connectivity index is 1.93. The van der Waals surface area contributed by atoms with Gasteiger partial charge in [-0.3, -0.25) is 4.68 Å². The molecule has 0 radical (unpaired) electrons. The third kappa shape index (κ3) is 3.51. The van der Waals surface area contributed by atoms with Crippen LogP contribution in [0.15, 0.2) is 24.7 Å². The quantitative estimate of drug-likeness (QED) is 0.808. The summed E-state index contributed by atoms with van der Waals surface area (Å²) in [5.41, 5.74) is 0.434. The van der Waals surface area contributed by atoms with E-state index in [1.807, 2.05) is 7.05 Å². The van der Waals surface area contributed by atoms with Crippen molar-refractivity contribution in [3.8, 4) is 0 Å². The first-order chi connectivity index (χ1) is 9.19. The van der Waals surface area contributed by atoms with Crippen LogP contribution in [-0.2, 0) is 18.3 Å². The van der Waals surface area contributed by atoms with E-state index in [1.165, 1.54) is 6.20 Å². The Labute approximate surface area is 110 Å². The molecule has 0 saturated carbocycles. The van der Waals surface area contributed by atoms with E-state index in [1.54, 1.807) is 30.1 Å². The van der Waals surface area contributed by atoms with Gasteiger partial charge in [-0.2, -0.15) is 5.10 Å². The van der Waals surface area contributed by atoms with E-state index in [-0.39, 0.29) is 5.97 Å². The van der Waals surface area contributed by atoms with Gasteiger partial charge in [-0.05, 0) is 19.1 Å². The number of hydrogen-bond donors (Lipinski definition) is 1. The zero-order chi connectivity index (χ0) is 13.7. The van der Waals surface area contributed by atoms with Crippen LogP contribution in [0, 0.1) is 0 Å². The second kappa shape index (κ2) is 5.94. The summed E-state index contributed by atoms with van der Waals surface area (Å²) in [5.74, 6) is 0.965. The van der Waals surface area contributed by atoms with E-state index < -0.39 is 0 Å². The molecular formula is C12H15N5O2. The number of anilines is 1. The Morgan fingerprint density at radius 2 is 2.26 bits per heavy atom. The fraction of sp³-hybridized carbons (Fsp3) is 0.333. The predicted molar refractivity (Wildman–Crippen MR) is 68.5 cm³/mol. The number of nitrogens with one attached hydrogen (secondary N) is 1. The second-order valence-corrected chi connectivity index (χ2v) is 3.84. The number of pyridine rings is 1. The van der Waals surface area contributed by atoms with Crippen LogP contribution in [0.1, 0.15) is 23.1 Å². The second-order valence-electron chi connectivity index (χ2n) is 3.84. The minimum atomic E-state index is -0.368. The van der Waals surface area contributed by atoms with Crippen molar-refractivity contribution >= 4 is 11.8 Å². The lowest BCUT2D eigenvalue weighted by atomic mass is 10.3. The van der Waals surface area contributed by atoms with Crippen LogP contribution in [-0.4, -0.2) is 32.3 Å². The summed E-state index contributed by atoms with van der Waals surface area (Å²) in [6.07, 6.45) is 3.11. The highest BCUT2D eigenvalue weighted by molar-refractivity contribution is 5.89. The molecule has 0 amide bonds. The number of carbonyl (C=O) groups excluding carboxylic acids is 1. The monoisotopic (exact) mass is 261 g/mol. The summed E-state index contributed by atoms with van der Waals surface area (Å²) in [6.45, 7) is 2.60. The van der Waals surface area contributed by atoms with Gasteiger partial charge in [-0.15, -0.1) is 0 Å². The van der Waals surface area contributed by atoms with Crippen LogP contribution >= 0.6 is 0 Å². The molecule has 19 heavy (non-hydrogen) atoms. The number of rotatable bonds is 5. The number of aryl methyl sites for hydroxylation is 1. The van der Waals surface area contributed by atoms with Gasteiger partial charge in [-0.1, -0.05) is 0 Å². The molecule has 7 nitrogen and oxygen atoms in total. The molecule has 2 aromatic rings. The number of esters is 1. The summed E-state index contributed by atoms with van der Waals surface area (Å²) in [5, 5.41) is 7.21. The van der Waals surface area contributed by atoms with Crippen LogP contribution in [0.2, 0.25) is 0 Å². The van der Waals surface area contributed by atoms with Crippen LogP contribution < -0.4 is 5.32 Å². The molecule has 2 heterocycles. The molecule has 0 aliphatic heterocycles. The maximum Gasteiger partial charge on any atom is 0.339 e. The highest BCUT2D eigenvalue weighted by atomic mass is 16.5. The Kier molecular flexibility index (Phi) is 4.07. The fourth-order valence-corrected chi connectivity index (χ4v) is 1.47. The number of nitrogens with zero attached hydrogens (tertiary/aromatic N) is 4. The Morgan fingerprint density at radius 3 is 2.84 bits per heavy atom. The van der Waals surface area contributed by atoms with E-state index >= 15 is 0 Å². The minimum Gasteiger partial charge on any atom is -0.462 e. The predicted octanol–water partition coefficient (Wildman–Crippen LogP) is 0.999. The first kappa shape index (κ1) is 13.0. The normalized spacial score (nSPS) is 10.2. The third-order valence-corrected chi connectivity index (χ3v) is 2.35. The molecule has 0 aliphatic rings. The molecule has 0 spiro atoms. The molecule has 0 aliphatic carbocycles. The first-order valence-electron chi connectivity index (χ1n) is 5.90. The van der Waals surface area contributed by atoms with Crippen molar-refractivity contribution in [1.82, 2.24) is 19.7 Å². The maximum atomic E-state index is 11.4. The molecule has 0 atom stereocenters. The zero-order valence-electron chi connectivity index (χ0n) is 10.8. The molecule has 2 aromatic heterocycles. The van der Waals surface area contributed by atoms with Crippen molar-refractivity contribution in [2.75, 3.05) is 11.9 Å². The number of ether oxygens (including phenoxy) is 1. The van der Waals surface area contributed by atoms with Crippen molar-refractivity contribution in [3.63, 3.8) is 0 Å². The zero-order valence-corrected chi connectivity index (χ0v) is 10.8. The van der Waals surface area contributed by atoms with Crippen molar-refractivity contribution in [1.29, 1.82) is 0 Å². The standard InChI is InChI=1S/C12H15N5O2/c1-3-19-12(18)9-4-5-10(13-6-9)14-7-11-15-8-17(2)16-11/h4-6,8H,3,7H2,1-2H3,(H,13,14). The molecule has 7 heteroatoms. The average Bonchev–Trinajstić information content (AvgIpc) is 2.83. The van der Waals surface area contributed by atoms with Gasteiger partial charge >= 0.3 is 5.97 Å². The SMILES string of the molecule is CCOC(=O)c1ccc(NCc2ncn(C)n2)nc1. The molecule has 0 bridgehead atoms. The summed E-state index contributed by atoms with van der Waals surface area (Å²) < 4.78 is 6.51. The lowest BCUT2D eigenvalue weighted by Crippen LogP contribution is -2.07. The van der Waals surface area contributed by atoms with Gasteiger partial charge in [0.25, 0.3) is 0 Å². The van der Waals surface area contributed by atoms with Gasteiger partial charge in [-0.25, -0.2) is 14.8 Å². The number of aromatic nitrogens is 4. The fourth-order valence-electron chi connectivity index (χ4n) is 1.47. The number of carbonyl (C=O) groups is 1. The van der Waals surface area contributed by atoms with Crippen LogP contribution in [0.3, 0.4) is 0 Å². The largest absolute Gasteiger partial charge is 0.462 e. The summed E-state index contributed by atoms with van der Waals surface area (Å²) in [4.78, 5) is 19.7. The van der Waals surface area contributed by atoms with Crippen LogP contribution in [0.5, 0.6) is 0 Å². The third-order valence-electron chi connectivity index (χ3n) is 2.35. The van der Waals surface area contributed by atoms with Crippen LogP contribution in [0.4, 0.5) is 5.82 Å². The molecule has 1 N–H and O–H groups in total. The van der Waals surface area contributed by atoms with E-state index in [4.69, 9.17) is 4.74 Å². The van der Waals surface area contributed by atoms with Crippen molar-refractivity contribution < 1.29 is 9.53 Å². The first-order valence-corrected chi connectivity index (χ1v) is 5.90. The lowest BCUT2D eigenvalue weighted by molar-refractivity contribution is 0.0526. The average molecular weight is 261 g/mol. The van der Waals surface area contributed by atoms with Crippen molar-refractivity contribution in [2.24, 2.45) is 7.05 Å². The van der Waals surface area contributed by atoms with Crippen molar-refractivity contribution in [3.05, 3.63) is 36.0 Å². The lowest BCUT2D eigenvalue weighted by Gasteiger charge is -2.04. The summed E-state index contributed by atoms with van der Waals surface area (Å²) >= 11 is 0. The highest BCUT2D eigenvalue weighted by Gasteiger charge is 2.06. The van der Waals surface area contributed by atoms with Gasteiger partial charge < -0.3 is 10.1 Å². The highest BCUT2D eigenvalue weighted by Crippen LogP contribution is 2.07. The Morgan fingerprint density at radius 1 is 1.42 bits per heavy atom. The molecule has 100 valence electrons. The van der Waals surface area contributed by atoms with Crippen LogP contribution in [0.25, 0.3) is 0 Å². The van der Waals surface area contributed by atoms with Crippen molar-refractivity contribution in [2.45, 2.75) is 13.5 Å². The smallest absolute Gasteiger partial charge is 0.339 e. The molecule has 0 saturated heterocycles. The molecule has 2 rings (SSSR count). The maximum absolute atomic E-state index is 11.4. The Bertz CT molecular complexity index is 550. The van der Waals surface area contributed by atoms with Gasteiger partial charge in [0.05, 0.1) is 18.7 Å². The van der Waals surface area contributed by atoms with Gasteiger partial charge in [0.1, 0.15) is 12.1 Å². The topological polar surface area (TPSA) is 81.9 Å².